The molecule has 2 aromatic rings. The van der Waals surface area contributed by atoms with Gasteiger partial charge < -0.3 is 10.5 Å². The Morgan fingerprint density at radius 1 is 1.33 bits per heavy atom. The van der Waals surface area contributed by atoms with E-state index in [2.05, 4.69) is 21.0 Å². The molecule has 2 aromatic heterocycles. The standard InChI is InChI=1S/C11H11N5OS/c1-6(2)17-11-15-9(14-10(13)16-11)8-4-3-7(5-12)18-8/h3-4,6H,1-2H3,(H2,13,14,15,16). The van der Waals surface area contributed by atoms with Gasteiger partial charge in [-0.2, -0.15) is 20.2 Å². The van der Waals surface area contributed by atoms with E-state index < -0.39 is 0 Å². The molecule has 92 valence electrons. The summed E-state index contributed by atoms with van der Waals surface area (Å²) in [5.74, 6) is 0.521. The van der Waals surface area contributed by atoms with Crippen LogP contribution in [0.2, 0.25) is 0 Å². The predicted molar refractivity (Wildman–Crippen MR) is 68.0 cm³/mol. The SMILES string of the molecule is CC(C)Oc1nc(N)nc(-c2ccc(C#N)s2)n1. The molecule has 0 atom stereocenters. The molecule has 0 amide bonds. The van der Waals surface area contributed by atoms with Crippen LogP contribution in [0.25, 0.3) is 10.7 Å². The number of nitriles is 1. The van der Waals surface area contributed by atoms with Gasteiger partial charge in [-0.3, -0.25) is 0 Å². The molecule has 0 fully saturated rings. The van der Waals surface area contributed by atoms with Crippen LogP contribution >= 0.6 is 11.3 Å². The van der Waals surface area contributed by atoms with Crippen LogP contribution in [0.5, 0.6) is 6.01 Å². The first-order valence-electron chi connectivity index (χ1n) is 5.27. The first-order chi connectivity index (χ1) is 8.58. The van der Waals surface area contributed by atoms with E-state index in [1.54, 1.807) is 12.1 Å². The van der Waals surface area contributed by atoms with Crippen molar-refractivity contribution in [3.63, 3.8) is 0 Å². The summed E-state index contributed by atoms with van der Waals surface area (Å²) in [7, 11) is 0. The molecule has 2 heterocycles. The Morgan fingerprint density at radius 2 is 2.11 bits per heavy atom. The molecule has 0 aliphatic carbocycles. The van der Waals surface area contributed by atoms with E-state index in [9.17, 15) is 0 Å². The molecule has 0 aliphatic rings. The van der Waals surface area contributed by atoms with E-state index >= 15 is 0 Å². The van der Waals surface area contributed by atoms with Crippen molar-refractivity contribution >= 4 is 17.3 Å². The van der Waals surface area contributed by atoms with E-state index in [0.29, 0.717) is 10.7 Å². The zero-order valence-corrected chi connectivity index (χ0v) is 10.7. The molecule has 2 rings (SSSR count). The largest absolute Gasteiger partial charge is 0.461 e. The lowest BCUT2D eigenvalue weighted by Gasteiger charge is -2.08. The minimum atomic E-state index is -0.0438. The molecule has 6 nitrogen and oxygen atoms in total. The van der Waals surface area contributed by atoms with E-state index in [0.717, 1.165) is 4.88 Å². The summed E-state index contributed by atoms with van der Waals surface area (Å²) in [5.41, 5.74) is 5.61. The first-order valence-corrected chi connectivity index (χ1v) is 6.08. The van der Waals surface area contributed by atoms with E-state index in [-0.39, 0.29) is 18.1 Å². The van der Waals surface area contributed by atoms with Crippen molar-refractivity contribution in [2.75, 3.05) is 5.73 Å². The molecule has 0 radical (unpaired) electrons. The zero-order valence-electron chi connectivity index (χ0n) is 9.91. The number of hydrogen-bond donors (Lipinski definition) is 1. The third kappa shape index (κ3) is 2.73. The van der Waals surface area contributed by atoms with Gasteiger partial charge in [-0.25, -0.2) is 0 Å². The average molecular weight is 261 g/mol. The second-order valence-electron chi connectivity index (χ2n) is 3.74. The Kier molecular flexibility index (Phi) is 3.39. The van der Waals surface area contributed by atoms with Crippen LogP contribution in [-0.2, 0) is 0 Å². The summed E-state index contributed by atoms with van der Waals surface area (Å²) < 4.78 is 5.39. The van der Waals surface area contributed by atoms with Gasteiger partial charge in [-0.05, 0) is 26.0 Å². The number of nitrogen functional groups attached to an aromatic ring is 1. The maximum Gasteiger partial charge on any atom is 0.322 e. The number of rotatable bonds is 3. The molecule has 0 aromatic carbocycles. The van der Waals surface area contributed by atoms with Gasteiger partial charge in [0, 0.05) is 0 Å². The lowest BCUT2D eigenvalue weighted by molar-refractivity contribution is 0.222. The van der Waals surface area contributed by atoms with Crippen molar-refractivity contribution < 1.29 is 4.74 Å². The molecule has 0 unspecified atom stereocenters. The van der Waals surface area contributed by atoms with E-state index in [1.807, 2.05) is 13.8 Å². The van der Waals surface area contributed by atoms with Crippen molar-refractivity contribution in [2.24, 2.45) is 0 Å². The zero-order chi connectivity index (χ0) is 13.1. The molecular weight excluding hydrogens is 250 g/mol. The fourth-order valence-electron chi connectivity index (χ4n) is 1.26. The predicted octanol–water partition coefficient (Wildman–Crippen LogP) is 1.84. The number of ether oxygens (including phenoxy) is 1. The summed E-state index contributed by atoms with van der Waals surface area (Å²) >= 11 is 1.30. The second-order valence-corrected chi connectivity index (χ2v) is 4.83. The molecule has 0 spiro atoms. The number of nitrogens with zero attached hydrogens (tertiary/aromatic N) is 4. The van der Waals surface area contributed by atoms with Gasteiger partial charge in [-0.15, -0.1) is 11.3 Å². The van der Waals surface area contributed by atoms with Crippen molar-refractivity contribution in [3.05, 3.63) is 17.0 Å². The minimum absolute atomic E-state index is 0.0438. The smallest absolute Gasteiger partial charge is 0.322 e. The molecule has 0 saturated heterocycles. The summed E-state index contributed by atoms with van der Waals surface area (Å²) in [5, 5.41) is 8.78. The topological polar surface area (TPSA) is 97.7 Å². The summed E-state index contributed by atoms with van der Waals surface area (Å²) in [6.07, 6.45) is -0.0438. The van der Waals surface area contributed by atoms with Gasteiger partial charge in [0.1, 0.15) is 10.9 Å². The Bertz CT molecular complexity index is 602. The lowest BCUT2D eigenvalue weighted by atomic mass is 10.4. The van der Waals surface area contributed by atoms with Crippen molar-refractivity contribution in [1.82, 2.24) is 15.0 Å². The van der Waals surface area contributed by atoms with Gasteiger partial charge in [0.2, 0.25) is 5.95 Å². The van der Waals surface area contributed by atoms with E-state index in [1.165, 1.54) is 11.3 Å². The lowest BCUT2D eigenvalue weighted by Crippen LogP contribution is -2.10. The minimum Gasteiger partial charge on any atom is -0.461 e. The molecule has 2 N–H and O–H groups in total. The third-order valence-electron chi connectivity index (χ3n) is 1.91. The second kappa shape index (κ2) is 4.98. The summed E-state index contributed by atoms with van der Waals surface area (Å²) in [6, 6.07) is 5.74. The fraction of sp³-hybridized carbons (Fsp3) is 0.273. The van der Waals surface area contributed by atoms with E-state index in [4.69, 9.17) is 15.7 Å². The van der Waals surface area contributed by atoms with Crippen LogP contribution in [0.3, 0.4) is 0 Å². The molecule has 0 bridgehead atoms. The summed E-state index contributed by atoms with van der Waals surface area (Å²) in [6.45, 7) is 3.75. The molecule has 0 saturated carbocycles. The van der Waals surface area contributed by atoms with Gasteiger partial charge in [0.25, 0.3) is 0 Å². The Labute approximate surface area is 108 Å². The average Bonchev–Trinajstić information content (AvgIpc) is 2.75. The highest BCUT2D eigenvalue weighted by Gasteiger charge is 2.11. The van der Waals surface area contributed by atoms with Gasteiger partial charge in [0.05, 0.1) is 11.0 Å². The highest BCUT2D eigenvalue weighted by atomic mass is 32.1. The quantitative estimate of drug-likeness (QED) is 0.905. The maximum atomic E-state index is 8.78. The van der Waals surface area contributed by atoms with Crippen LogP contribution in [0.1, 0.15) is 18.7 Å². The number of thiophene rings is 1. The van der Waals surface area contributed by atoms with Crippen LogP contribution in [0, 0.1) is 11.3 Å². The number of anilines is 1. The van der Waals surface area contributed by atoms with Gasteiger partial charge in [0.15, 0.2) is 5.82 Å². The third-order valence-corrected chi connectivity index (χ3v) is 2.90. The van der Waals surface area contributed by atoms with Crippen LogP contribution < -0.4 is 10.5 Å². The fourth-order valence-corrected chi connectivity index (χ4v) is 2.00. The first kappa shape index (κ1) is 12.3. The van der Waals surface area contributed by atoms with Gasteiger partial charge in [-0.1, -0.05) is 0 Å². The Morgan fingerprint density at radius 3 is 2.72 bits per heavy atom. The maximum absolute atomic E-state index is 8.78. The number of aromatic nitrogens is 3. The molecule has 0 aliphatic heterocycles. The van der Waals surface area contributed by atoms with Crippen molar-refractivity contribution in [3.8, 4) is 22.8 Å². The highest BCUT2D eigenvalue weighted by molar-refractivity contribution is 7.15. The van der Waals surface area contributed by atoms with Crippen LogP contribution in [-0.4, -0.2) is 21.1 Å². The monoisotopic (exact) mass is 261 g/mol. The number of nitrogens with two attached hydrogens (primary N) is 1. The molecular formula is C11H11N5OS. The van der Waals surface area contributed by atoms with Crippen LogP contribution in [0.15, 0.2) is 12.1 Å². The van der Waals surface area contributed by atoms with Gasteiger partial charge >= 0.3 is 6.01 Å². The molecule has 7 heteroatoms. The molecule has 18 heavy (non-hydrogen) atoms. The number of hydrogen-bond acceptors (Lipinski definition) is 7. The van der Waals surface area contributed by atoms with Crippen molar-refractivity contribution in [1.29, 1.82) is 5.26 Å². The summed E-state index contributed by atoms with van der Waals surface area (Å²) in [4.78, 5) is 13.5. The normalized spacial score (nSPS) is 10.3. The van der Waals surface area contributed by atoms with Crippen molar-refractivity contribution in [2.45, 2.75) is 20.0 Å². The highest BCUT2D eigenvalue weighted by Crippen LogP contribution is 2.26. The van der Waals surface area contributed by atoms with Crippen LogP contribution in [0.4, 0.5) is 5.95 Å². The Balaban J connectivity index is 2.38. The Hall–Kier alpha value is -2.20.